The molecule has 0 aliphatic carbocycles. The number of halogens is 1. The summed E-state index contributed by atoms with van der Waals surface area (Å²) in [5.74, 6) is -0.150. The van der Waals surface area contributed by atoms with Gasteiger partial charge in [0, 0.05) is 24.8 Å². The van der Waals surface area contributed by atoms with Crippen LogP contribution in [0.2, 0.25) is 0 Å². The smallest absolute Gasteiger partial charge is 0.125 e. The number of rotatable bonds is 2. The summed E-state index contributed by atoms with van der Waals surface area (Å²) in [5.41, 5.74) is 2.18. The number of nitrogens with one attached hydrogen (secondary N) is 1. The highest BCUT2D eigenvalue weighted by Crippen LogP contribution is 2.24. The lowest BCUT2D eigenvalue weighted by Crippen LogP contribution is -2.29. The largest absolute Gasteiger partial charge is 0.370 e. The normalized spacial score (nSPS) is 21.0. The van der Waals surface area contributed by atoms with E-state index in [-0.39, 0.29) is 5.82 Å². The van der Waals surface area contributed by atoms with E-state index in [1.54, 1.807) is 6.07 Å². The Balaban J connectivity index is 2.19. The maximum atomic E-state index is 13.1. The minimum Gasteiger partial charge on any atom is -0.370 e. The second kappa shape index (κ2) is 4.19. The number of hydrogen-bond acceptors (Lipinski definition) is 2. The zero-order valence-electron chi connectivity index (χ0n) is 9.26. The molecule has 0 saturated carbocycles. The third-order valence-corrected chi connectivity index (χ3v) is 3.11. The molecule has 0 aromatic heterocycles. The summed E-state index contributed by atoms with van der Waals surface area (Å²) in [4.78, 5) is 2.25. The van der Waals surface area contributed by atoms with Gasteiger partial charge in [-0.05, 0) is 38.1 Å². The molecule has 1 fully saturated rings. The molecule has 1 aliphatic rings. The minimum atomic E-state index is -0.150. The summed E-state index contributed by atoms with van der Waals surface area (Å²) in [7, 11) is 1.98. The van der Waals surface area contributed by atoms with E-state index >= 15 is 0 Å². The van der Waals surface area contributed by atoms with Crippen LogP contribution in [0.25, 0.3) is 0 Å². The van der Waals surface area contributed by atoms with Crippen LogP contribution in [0.3, 0.4) is 0 Å². The van der Waals surface area contributed by atoms with E-state index in [2.05, 4.69) is 10.2 Å². The Morgan fingerprint density at radius 3 is 2.93 bits per heavy atom. The molecular weight excluding hydrogens is 191 g/mol. The van der Waals surface area contributed by atoms with Crippen LogP contribution in [-0.4, -0.2) is 26.2 Å². The van der Waals surface area contributed by atoms with Gasteiger partial charge < -0.3 is 10.2 Å². The van der Waals surface area contributed by atoms with Gasteiger partial charge in [0.05, 0.1) is 0 Å². The predicted molar refractivity (Wildman–Crippen MR) is 60.8 cm³/mol. The van der Waals surface area contributed by atoms with Crippen molar-refractivity contribution in [3.63, 3.8) is 0 Å². The van der Waals surface area contributed by atoms with E-state index in [0.29, 0.717) is 6.04 Å². The Kier molecular flexibility index (Phi) is 2.91. The second-order valence-electron chi connectivity index (χ2n) is 4.15. The van der Waals surface area contributed by atoms with Crippen molar-refractivity contribution in [1.29, 1.82) is 0 Å². The molecule has 1 saturated heterocycles. The molecule has 1 heterocycles. The Labute approximate surface area is 90.1 Å². The molecule has 0 unspecified atom stereocenters. The van der Waals surface area contributed by atoms with Gasteiger partial charge in [-0.2, -0.15) is 0 Å². The van der Waals surface area contributed by atoms with Crippen LogP contribution in [0.1, 0.15) is 12.0 Å². The average molecular weight is 208 g/mol. The fraction of sp³-hybridized carbons (Fsp3) is 0.500. The molecule has 1 aliphatic heterocycles. The Bertz CT molecular complexity index is 351. The Morgan fingerprint density at radius 1 is 1.47 bits per heavy atom. The van der Waals surface area contributed by atoms with E-state index < -0.39 is 0 Å². The molecule has 0 radical (unpaired) electrons. The van der Waals surface area contributed by atoms with Crippen molar-refractivity contribution < 1.29 is 4.39 Å². The lowest BCUT2D eigenvalue weighted by molar-refractivity contribution is 0.615. The van der Waals surface area contributed by atoms with Gasteiger partial charge in [-0.1, -0.05) is 6.07 Å². The van der Waals surface area contributed by atoms with Gasteiger partial charge in [0.25, 0.3) is 0 Å². The lowest BCUT2D eigenvalue weighted by atomic mass is 10.2. The molecule has 0 bridgehead atoms. The molecule has 15 heavy (non-hydrogen) atoms. The number of aryl methyl sites for hydroxylation is 1. The van der Waals surface area contributed by atoms with Gasteiger partial charge >= 0.3 is 0 Å². The van der Waals surface area contributed by atoms with Crippen LogP contribution in [0.5, 0.6) is 0 Å². The van der Waals surface area contributed by atoms with Crippen LogP contribution in [0.15, 0.2) is 18.2 Å². The number of nitrogens with zero attached hydrogens (tertiary/aromatic N) is 1. The van der Waals surface area contributed by atoms with Gasteiger partial charge in [-0.25, -0.2) is 4.39 Å². The van der Waals surface area contributed by atoms with E-state index in [1.807, 2.05) is 20.0 Å². The van der Waals surface area contributed by atoms with Gasteiger partial charge in [0.1, 0.15) is 5.82 Å². The molecule has 1 aromatic carbocycles. The number of anilines is 1. The molecule has 1 atom stereocenters. The van der Waals surface area contributed by atoms with Crippen molar-refractivity contribution in [2.45, 2.75) is 19.4 Å². The van der Waals surface area contributed by atoms with Crippen LogP contribution in [0.4, 0.5) is 10.1 Å². The van der Waals surface area contributed by atoms with Gasteiger partial charge in [0.2, 0.25) is 0 Å². The van der Waals surface area contributed by atoms with E-state index in [0.717, 1.165) is 30.8 Å². The molecule has 3 heteroatoms. The highest BCUT2D eigenvalue weighted by Gasteiger charge is 2.22. The topological polar surface area (TPSA) is 15.3 Å². The molecule has 0 spiro atoms. The molecule has 2 rings (SSSR count). The first kappa shape index (κ1) is 10.4. The summed E-state index contributed by atoms with van der Waals surface area (Å²) in [6.07, 6.45) is 1.13. The summed E-state index contributed by atoms with van der Waals surface area (Å²) < 4.78 is 13.1. The standard InChI is InChI=1S/C12H17FN2/c1-9-3-4-10(13)7-12(9)15-6-5-11(8-15)14-2/h3-4,7,11,14H,5-6,8H2,1-2H3/t11-/m0/s1. The molecular formula is C12H17FN2. The maximum Gasteiger partial charge on any atom is 0.125 e. The highest BCUT2D eigenvalue weighted by atomic mass is 19.1. The van der Waals surface area contributed by atoms with Crippen LogP contribution >= 0.6 is 0 Å². The number of hydrogen-bond donors (Lipinski definition) is 1. The third-order valence-electron chi connectivity index (χ3n) is 3.11. The second-order valence-corrected chi connectivity index (χ2v) is 4.15. The lowest BCUT2D eigenvalue weighted by Gasteiger charge is -2.20. The molecule has 0 amide bonds. The molecule has 2 nitrogen and oxygen atoms in total. The van der Waals surface area contributed by atoms with Gasteiger partial charge in [0.15, 0.2) is 0 Å². The summed E-state index contributed by atoms with van der Waals surface area (Å²) in [6, 6.07) is 5.53. The van der Waals surface area contributed by atoms with Crippen LogP contribution in [-0.2, 0) is 0 Å². The fourth-order valence-electron chi connectivity index (χ4n) is 2.14. The number of benzene rings is 1. The SMILES string of the molecule is CN[C@H]1CCN(c2cc(F)ccc2C)C1. The zero-order valence-corrected chi connectivity index (χ0v) is 9.26. The Hall–Kier alpha value is -1.09. The summed E-state index contributed by atoms with van der Waals surface area (Å²) in [6.45, 7) is 4.01. The average Bonchev–Trinajstić information content (AvgIpc) is 2.70. The molecule has 82 valence electrons. The van der Waals surface area contributed by atoms with Gasteiger partial charge in [-0.15, -0.1) is 0 Å². The van der Waals surface area contributed by atoms with Gasteiger partial charge in [-0.3, -0.25) is 0 Å². The number of likely N-dealkylation sites (N-methyl/N-ethyl adjacent to an activating group) is 1. The van der Waals surface area contributed by atoms with Crippen molar-refractivity contribution in [3.8, 4) is 0 Å². The quantitative estimate of drug-likeness (QED) is 0.799. The predicted octanol–water partition coefficient (Wildman–Crippen LogP) is 1.93. The van der Waals surface area contributed by atoms with E-state index in [4.69, 9.17) is 0 Å². The monoisotopic (exact) mass is 208 g/mol. The van der Waals surface area contributed by atoms with Crippen LogP contribution < -0.4 is 10.2 Å². The van der Waals surface area contributed by atoms with Crippen molar-refractivity contribution in [3.05, 3.63) is 29.6 Å². The first-order valence-corrected chi connectivity index (χ1v) is 5.39. The van der Waals surface area contributed by atoms with Crippen molar-refractivity contribution >= 4 is 5.69 Å². The first-order chi connectivity index (χ1) is 7.20. The van der Waals surface area contributed by atoms with Crippen molar-refractivity contribution in [1.82, 2.24) is 5.32 Å². The molecule has 1 N–H and O–H groups in total. The minimum absolute atomic E-state index is 0.150. The van der Waals surface area contributed by atoms with Crippen molar-refractivity contribution in [2.24, 2.45) is 0 Å². The summed E-state index contributed by atoms with van der Waals surface area (Å²) in [5, 5.41) is 3.26. The summed E-state index contributed by atoms with van der Waals surface area (Å²) >= 11 is 0. The fourth-order valence-corrected chi connectivity index (χ4v) is 2.14. The highest BCUT2D eigenvalue weighted by molar-refractivity contribution is 5.54. The maximum absolute atomic E-state index is 13.1. The zero-order chi connectivity index (χ0) is 10.8. The van der Waals surface area contributed by atoms with Crippen molar-refractivity contribution in [2.75, 3.05) is 25.0 Å². The van der Waals surface area contributed by atoms with E-state index in [9.17, 15) is 4.39 Å². The van der Waals surface area contributed by atoms with E-state index in [1.165, 1.54) is 6.07 Å². The first-order valence-electron chi connectivity index (χ1n) is 5.39. The third kappa shape index (κ3) is 2.12. The molecule has 1 aromatic rings. The van der Waals surface area contributed by atoms with Crippen LogP contribution in [0, 0.1) is 12.7 Å². The Morgan fingerprint density at radius 2 is 2.27 bits per heavy atom.